The fraction of sp³-hybridized carbons (Fsp3) is 0.421. The van der Waals surface area contributed by atoms with Gasteiger partial charge in [-0.1, -0.05) is 18.2 Å². The minimum absolute atomic E-state index is 0.0112. The van der Waals surface area contributed by atoms with Gasteiger partial charge < -0.3 is 4.74 Å². The summed E-state index contributed by atoms with van der Waals surface area (Å²) >= 11 is 0. The lowest BCUT2D eigenvalue weighted by molar-refractivity contribution is -0.141. The number of carbonyl (C=O) groups is 3. The minimum atomic E-state index is -0.438. The molecule has 0 saturated carbocycles. The lowest BCUT2D eigenvalue weighted by Crippen LogP contribution is -2.33. The molecule has 2 atom stereocenters. The maximum absolute atomic E-state index is 12.3. The van der Waals surface area contributed by atoms with Crippen LogP contribution in [0.2, 0.25) is 0 Å². The topological polar surface area (TPSA) is 63.7 Å². The Kier molecular flexibility index (Phi) is 4.51. The predicted molar refractivity (Wildman–Crippen MR) is 88.2 cm³/mol. The fourth-order valence-electron chi connectivity index (χ4n) is 3.25. The number of likely N-dealkylation sites (tertiary alicyclic amines) is 1. The third kappa shape index (κ3) is 3.11. The van der Waals surface area contributed by atoms with E-state index in [1.807, 2.05) is 32.1 Å². The quantitative estimate of drug-likeness (QED) is 0.369. The highest BCUT2D eigenvalue weighted by Gasteiger charge is 2.46. The van der Waals surface area contributed by atoms with Crippen LogP contribution in [0.3, 0.4) is 0 Å². The monoisotopic (exact) mass is 327 g/mol. The molecule has 126 valence electrons. The average molecular weight is 327 g/mol. The zero-order valence-corrected chi connectivity index (χ0v) is 14.0. The van der Waals surface area contributed by atoms with Crippen molar-refractivity contribution in [2.45, 2.75) is 33.1 Å². The largest absolute Gasteiger partial charge is 0.426 e. The summed E-state index contributed by atoms with van der Waals surface area (Å²) in [4.78, 5) is 37.9. The van der Waals surface area contributed by atoms with Gasteiger partial charge in [-0.25, -0.2) is 0 Å². The molecule has 0 N–H and O–H groups in total. The van der Waals surface area contributed by atoms with Crippen LogP contribution in [0.15, 0.2) is 30.4 Å². The lowest BCUT2D eigenvalue weighted by atomic mass is 9.85. The SMILES string of the molecule is Cc1ccc(OC(=O)CCN2C(=O)[C@H]3CC=CC[C@H]3C2=O)cc1C. The van der Waals surface area contributed by atoms with E-state index in [1.165, 1.54) is 4.90 Å². The van der Waals surface area contributed by atoms with E-state index in [9.17, 15) is 14.4 Å². The summed E-state index contributed by atoms with van der Waals surface area (Å²) in [6.07, 6.45) is 5.13. The predicted octanol–water partition coefficient (Wildman–Crippen LogP) is 2.55. The van der Waals surface area contributed by atoms with Crippen molar-refractivity contribution in [3.05, 3.63) is 41.5 Å². The molecule has 24 heavy (non-hydrogen) atoms. The number of rotatable bonds is 4. The molecule has 1 heterocycles. The molecular formula is C19H21NO4. The molecule has 1 fully saturated rings. The van der Waals surface area contributed by atoms with Crippen molar-refractivity contribution in [1.29, 1.82) is 0 Å². The molecule has 5 nitrogen and oxygen atoms in total. The number of carbonyl (C=O) groups excluding carboxylic acids is 3. The molecule has 1 aliphatic heterocycles. The van der Waals surface area contributed by atoms with Gasteiger partial charge in [-0.3, -0.25) is 19.3 Å². The highest BCUT2D eigenvalue weighted by Crippen LogP contribution is 2.35. The highest BCUT2D eigenvalue weighted by atomic mass is 16.5. The van der Waals surface area contributed by atoms with Crippen molar-refractivity contribution in [2.24, 2.45) is 11.8 Å². The number of ether oxygens (including phenoxy) is 1. The average Bonchev–Trinajstić information content (AvgIpc) is 2.81. The molecule has 0 bridgehead atoms. The van der Waals surface area contributed by atoms with E-state index in [2.05, 4.69) is 0 Å². The van der Waals surface area contributed by atoms with E-state index < -0.39 is 5.97 Å². The van der Waals surface area contributed by atoms with Crippen LogP contribution in [0, 0.1) is 25.7 Å². The van der Waals surface area contributed by atoms with Crippen molar-refractivity contribution < 1.29 is 19.1 Å². The summed E-state index contributed by atoms with van der Waals surface area (Å²) in [5.74, 6) is -0.773. The minimum Gasteiger partial charge on any atom is -0.426 e. The molecule has 5 heteroatoms. The summed E-state index contributed by atoms with van der Waals surface area (Å²) in [5.41, 5.74) is 2.17. The standard InChI is InChI=1S/C19H21NO4/c1-12-7-8-14(11-13(12)2)24-17(21)9-10-20-18(22)15-5-3-4-6-16(15)19(20)23/h3-4,7-8,11,15-16H,5-6,9-10H2,1-2H3/t15-,16+. The Hall–Kier alpha value is -2.43. The van der Waals surface area contributed by atoms with Gasteiger partial charge in [0.2, 0.25) is 11.8 Å². The van der Waals surface area contributed by atoms with E-state index >= 15 is 0 Å². The summed E-state index contributed by atoms with van der Waals surface area (Å²) in [7, 11) is 0. The fourth-order valence-corrected chi connectivity index (χ4v) is 3.25. The van der Waals surface area contributed by atoms with Crippen LogP contribution in [-0.2, 0) is 14.4 Å². The first-order valence-electron chi connectivity index (χ1n) is 8.25. The van der Waals surface area contributed by atoms with E-state index in [0.29, 0.717) is 18.6 Å². The third-order valence-corrected chi connectivity index (χ3v) is 4.85. The molecule has 2 amide bonds. The summed E-state index contributed by atoms with van der Waals surface area (Å²) in [5, 5.41) is 0. The number of allylic oxidation sites excluding steroid dienone is 2. The first-order chi connectivity index (χ1) is 11.5. The van der Waals surface area contributed by atoms with Gasteiger partial charge in [0.05, 0.1) is 18.3 Å². The number of nitrogens with zero attached hydrogens (tertiary/aromatic N) is 1. The zero-order valence-electron chi connectivity index (χ0n) is 14.0. The summed E-state index contributed by atoms with van der Waals surface area (Å²) in [6.45, 7) is 4.03. The van der Waals surface area contributed by atoms with Crippen LogP contribution < -0.4 is 4.74 Å². The second-order valence-corrected chi connectivity index (χ2v) is 6.45. The number of imide groups is 1. The molecule has 1 saturated heterocycles. The number of hydrogen-bond acceptors (Lipinski definition) is 4. The molecule has 3 rings (SSSR count). The van der Waals surface area contributed by atoms with Crippen molar-refractivity contribution in [3.8, 4) is 5.75 Å². The van der Waals surface area contributed by atoms with E-state index in [1.54, 1.807) is 12.1 Å². The first kappa shape index (κ1) is 16.4. The molecule has 1 aliphatic carbocycles. The summed E-state index contributed by atoms with van der Waals surface area (Å²) < 4.78 is 5.30. The van der Waals surface area contributed by atoms with E-state index in [0.717, 1.165) is 11.1 Å². The molecule has 0 spiro atoms. The van der Waals surface area contributed by atoms with Gasteiger partial charge in [-0.2, -0.15) is 0 Å². The van der Waals surface area contributed by atoms with Crippen LogP contribution >= 0.6 is 0 Å². The second-order valence-electron chi connectivity index (χ2n) is 6.45. The first-order valence-corrected chi connectivity index (χ1v) is 8.25. The highest BCUT2D eigenvalue weighted by molar-refractivity contribution is 6.05. The van der Waals surface area contributed by atoms with Crippen LogP contribution in [0.1, 0.15) is 30.4 Å². The molecular weight excluding hydrogens is 306 g/mol. The van der Waals surface area contributed by atoms with Gasteiger partial charge in [-0.15, -0.1) is 0 Å². The Morgan fingerprint density at radius 1 is 1.08 bits per heavy atom. The van der Waals surface area contributed by atoms with Gasteiger partial charge in [0.15, 0.2) is 0 Å². The van der Waals surface area contributed by atoms with Crippen LogP contribution in [0.25, 0.3) is 0 Å². The van der Waals surface area contributed by atoms with Gasteiger partial charge in [-0.05, 0) is 49.9 Å². The van der Waals surface area contributed by atoms with Crippen molar-refractivity contribution in [2.75, 3.05) is 6.54 Å². The molecule has 0 aromatic heterocycles. The van der Waals surface area contributed by atoms with Crippen molar-refractivity contribution >= 4 is 17.8 Å². The number of hydrogen-bond donors (Lipinski definition) is 0. The van der Waals surface area contributed by atoms with Crippen molar-refractivity contribution in [1.82, 2.24) is 4.90 Å². The Balaban J connectivity index is 1.57. The Labute approximate surface area is 141 Å². The normalized spacial score (nSPS) is 22.7. The maximum atomic E-state index is 12.3. The molecule has 2 aliphatic rings. The van der Waals surface area contributed by atoms with Crippen LogP contribution in [0.4, 0.5) is 0 Å². The van der Waals surface area contributed by atoms with Gasteiger partial charge in [0.1, 0.15) is 5.75 Å². The second kappa shape index (κ2) is 6.59. The number of aryl methyl sites for hydroxylation is 2. The van der Waals surface area contributed by atoms with E-state index in [4.69, 9.17) is 4.74 Å². The van der Waals surface area contributed by atoms with Crippen molar-refractivity contribution in [3.63, 3.8) is 0 Å². The van der Waals surface area contributed by atoms with Crippen LogP contribution in [-0.4, -0.2) is 29.2 Å². The molecule has 0 unspecified atom stereocenters. The van der Waals surface area contributed by atoms with Gasteiger partial charge >= 0.3 is 5.97 Å². The van der Waals surface area contributed by atoms with E-state index in [-0.39, 0.29) is 36.6 Å². The maximum Gasteiger partial charge on any atom is 0.312 e. The van der Waals surface area contributed by atoms with Gasteiger partial charge in [0.25, 0.3) is 0 Å². The molecule has 0 radical (unpaired) electrons. The number of fused-ring (bicyclic) bond motifs is 1. The van der Waals surface area contributed by atoms with Crippen LogP contribution in [0.5, 0.6) is 5.75 Å². The zero-order chi connectivity index (χ0) is 17.3. The Morgan fingerprint density at radius 3 is 2.29 bits per heavy atom. The Bertz CT molecular complexity index is 696. The summed E-state index contributed by atoms with van der Waals surface area (Å²) in [6, 6.07) is 5.44. The third-order valence-electron chi connectivity index (χ3n) is 4.85. The number of benzene rings is 1. The smallest absolute Gasteiger partial charge is 0.312 e. The van der Waals surface area contributed by atoms with Gasteiger partial charge in [0, 0.05) is 6.54 Å². The number of amides is 2. The number of esters is 1. The lowest BCUT2D eigenvalue weighted by Gasteiger charge is -2.14. The molecule has 1 aromatic carbocycles. The molecule has 1 aromatic rings. The Morgan fingerprint density at radius 2 is 1.71 bits per heavy atom.